The molecule has 32 heavy (non-hydrogen) atoms. The van der Waals surface area contributed by atoms with Gasteiger partial charge in [-0.1, -0.05) is 47.5 Å². The number of carbonyl (C=O) groups is 1. The van der Waals surface area contributed by atoms with Crippen molar-refractivity contribution in [3.05, 3.63) is 88.4 Å². The summed E-state index contributed by atoms with van der Waals surface area (Å²) in [5.41, 5.74) is 1.14. The van der Waals surface area contributed by atoms with E-state index in [4.69, 9.17) is 27.9 Å². The molecule has 0 aromatic heterocycles. The zero-order valence-corrected chi connectivity index (χ0v) is 19.6. The van der Waals surface area contributed by atoms with Crippen LogP contribution in [0.25, 0.3) is 0 Å². The topological polar surface area (TPSA) is 75.7 Å². The Bertz CT molecular complexity index is 1170. The number of amides is 1. The average Bonchev–Trinajstić information content (AvgIpc) is 2.78. The summed E-state index contributed by atoms with van der Waals surface area (Å²) in [7, 11) is -3.95. The van der Waals surface area contributed by atoms with Gasteiger partial charge in [-0.25, -0.2) is 8.42 Å². The van der Waals surface area contributed by atoms with Crippen LogP contribution in [-0.4, -0.2) is 31.8 Å². The van der Waals surface area contributed by atoms with E-state index in [0.717, 1.165) is 4.31 Å². The molecule has 1 amide bonds. The van der Waals surface area contributed by atoms with Crippen molar-refractivity contribution in [3.63, 3.8) is 0 Å². The number of sulfonamides is 1. The Morgan fingerprint density at radius 1 is 0.969 bits per heavy atom. The summed E-state index contributed by atoms with van der Waals surface area (Å²) < 4.78 is 33.0. The van der Waals surface area contributed by atoms with Gasteiger partial charge in [0, 0.05) is 12.2 Å². The van der Waals surface area contributed by atoms with Gasteiger partial charge in [0.1, 0.15) is 5.75 Å². The van der Waals surface area contributed by atoms with Gasteiger partial charge in [-0.05, 0) is 61.0 Å². The Morgan fingerprint density at radius 3 is 2.28 bits per heavy atom. The van der Waals surface area contributed by atoms with Crippen molar-refractivity contribution >= 4 is 44.8 Å². The van der Waals surface area contributed by atoms with Crippen LogP contribution in [0.1, 0.15) is 12.5 Å². The summed E-state index contributed by atoms with van der Waals surface area (Å²) in [5, 5.41) is 3.39. The van der Waals surface area contributed by atoms with Crippen molar-refractivity contribution < 1.29 is 17.9 Å². The molecule has 168 valence electrons. The molecule has 0 aliphatic rings. The van der Waals surface area contributed by atoms with E-state index >= 15 is 0 Å². The van der Waals surface area contributed by atoms with Gasteiger partial charge < -0.3 is 10.1 Å². The second-order valence-corrected chi connectivity index (χ2v) is 9.59. The van der Waals surface area contributed by atoms with E-state index in [2.05, 4.69) is 5.32 Å². The third-order valence-corrected chi connectivity index (χ3v) is 7.04. The molecule has 1 N–H and O–H groups in total. The number of nitrogens with one attached hydrogen (secondary N) is 1. The Morgan fingerprint density at radius 2 is 1.66 bits per heavy atom. The van der Waals surface area contributed by atoms with E-state index in [0.29, 0.717) is 33.7 Å². The third-order valence-electron chi connectivity index (χ3n) is 4.49. The van der Waals surface area contributed by atoms with E-state index < -0.39 is 15.9 Å². The summed E-state index contributed by atoms with van der Waals surface area (Å²) in [6.07, 6.45) is 0. The van der Waals surface area contributed by atoms with Crippen molar-refractivity contribution in [2.24, 2.45) is 0 Å². The van der Waals surface area contributed by atoms with Crippen LogP contribution >= 0.6 is 23.2 Å². The number of benzene rings is 3. The molecule has 3 aromatic carbocycles. The minimum Gasteiger partial charge on any atom is -0.494 e. The van der Waals surface area contributed by atoms with Gasteiger partial charge in [-0.2, -0.15) is 4.31 Å². The molecule has 0 bridgehead atoms. The minimum atomic E-state index is -3.95. The molecule has 0 spiro atoms. The highest BCUT2D eigenvalue weighted by molar-refractivity contribution is 7.89. The number of halogens is 2. The zero-order valence-electron chi connectivity index (χ0n) is 17.3. The number of hydrogen-bond acceptors (Lipinski definition) is 4. The first-order chi connectivity index (χ1) is 15.3. The molecule has 0 fully saturated rings. The lowest BCUT2D eigenvalue weighted by Gasteiger charge is -2.22. The number of anilines is 1. The van der Waals surface area contributed by atoms with E-state index in [9.17, 15) is 13.2 Å². The molecule has 9 heteroatoms. The summed E-state index contributed by atoms with van der Waals surface area (Å²) in [6.45, 7) is 1.98. The standard InChI is InChI=1S/C23H22Cl2N2O4S/c1-2-31-19-11-9-18(10-12-19)26-23(28)16-27(15-17-8-13-21(24)22(25)14-17)32(29,30)20-6-4-3-5-7-20/h3-14H,2,15-16H2,1H3,(H,26,28). The Kier molecular flexibility index (Phi) is 8.15. The maximum Gasteiger partial charge on any atom is 0.243 e. The van der Waals surface area contributed by atoms with Crippen LogP contribution in [0.3, 0.4) is 0 Å². The maximum absolute atomic E-state index is 13.3. The average molecular weight is 493 g/mol. The van der Waals surface area contributed by atoms with Crippen LogP contribution in [0.5, 0.6) is 5.75 Å². The van der Waals surface area contributed by atoms with Gasteiger partial charge in [-0.15, -0.1) is 0 Å². The largest absolute Gasteiger partial charge is 0.494 e. The van der Waals surface area contributed by atoms with E-state index in [1.807, 2.05) is 6.92 Å². The van der Waals surface area contributed by atoms with Gasteiger partial charge >= 0.3 is 0 Å². The lowest BCUT2D eigenvalue weighted by atomic mass is 10.2. The normalized spacial score (nSPS) is 11.4. The highest BCUT2D eigenvalue weighted by Gasteiger charge is 2.27. The summed E-state index contributed by atoms with van der Waals surface area (Å²) in [4.78, 5) is 12.8. The molecule has 0 unspecified atom stereocenters. The summed E-state index contributed by atoms with van der Waals surface area (Å²) >= 11 is 12.1. The van der Waals surface area contributed by atoms with Crippen LogP contribution < -0.4 is 10.1 Å². The van der Waals surface area contributed by atoms with Crippen molar-refractivity contribution in [1.82, 2.24) is 4.31 Å². The van der Waals surface area contributed by atoms with Gasteiger partial charge in [0.05, 0.1) is 28.1 Å². The predicted octanol–water partition coefficient (Wildman–Crippen LogP) is 5.22. The summed E-state index contributed by atoms with van der Waals surface area (Å²) in [5.74, 6) is 0.201. The maximum atomic E-state index is 13.3. The molecule has 0 saturated carbocycles. The smallest absolute Gasteiger partial charge is 0.243 e. The van der Waals surface area contributed by atoms with Crippen LogP contribution in [0.2, 0.25) is 10.0 Å². The number of ether oxygens (including phenoxy) is 1. The van der Waals surface area contributed by atoms with Crippen molar-refractivity contribution in [2.75, 3.05) is 18.5 Å². The number of rotatable bonds is 9. The first-order valence-corrected chi connectivity index (χ1v) is 12.0. The molecule has 3 rings (SSSR count). The SMILES string of the molecule is CCOc1ccc(NC(=O)CN(Cc2ccc(Cl)c(Cl)c2)S(=O)(=O)c2ccccc2)cc1. The first-order valence-electron chi connectivity index (χ1n) is 9.81. The van der Waals surface area contributed by atoms with E-state index in [1.54, 1.807) is 60.7 Å². The fourth-order valence-corrected chi connectivity index (χ4v) is 4.70. The molecule has 6 nitrogen and oxygen atoms in total. The Hall–Kier alpha value is -2.58. The fourth-order valence-electron chi connectivity index (χ4n) is 2.97. The van der Waals surface area contributed by atoms with Gasteiger partial charge in [0.25, 0.3) is 0 Å². The van der Waals surface area contributed by atoms with Gasteiger partial charge in [-0.3, -0.25) is 4.79 Å². The molecular formula is C23H22Cl2N2O4S. The molecule has 3 aromatic rings. The first kappa shape index (κ1) is 24.1. The molecule has 0 atom stereocenters. The van der Waals surface area contributed by atoms with Crippen molar-refractivity contribution in [1.29, 1.82) is 0 Å². The molecule has 0 aliphatic heterocycles. The highest BCUT2D eigenvalue weighted by atomic mass is 35.5. The molecular weight excluding hydrogens is 471 g/mol. The second kappa shape index (κ2) is 10.8. The van der Waals surface area contributed by atoms with Gasteiger partial charge in [0.15, 0.2) is 0 Å². The quantitative estimate of drug-likeness (QED) is 0.444. The fraction of sp³-hybridized carbons (Fsp3) is 0.174. The van der Waals surface area contributed by atoms with Crippen LogP contribution in [-0.2, 0) is 21.4 Å². The third kappa shape index (κ3) is 6.23. The predicted molar refractivity (Wildman–Crippen MR) is 127 cm³/mol. The van der Waals surface area contributed by atoms with Crippen LogP contribution in [0.4, 0.5) is 5.69 Å². The monoisotopic (exact) mass is 492 g/mol. The lowest BCUT2D eigenvalue weighted by Crippen LogP contribution is -2.37. The molecule has 0 saturated heterocycles. The van der Waals surface area contributed by atoms with Crippen LogP contribution in [0.15, 0.2) is 77.7 Å². The zero-order chi connectivity index (χ0) is 23.1. The molecule has 0 aliphatic carbocycles. The Balaban J connectivity index is 1.82. The van der Waals surface area contributed by atoms with Crippen LogP contribution in [0, 0.1) is 0 Å². The van der Waals surface area contributed by atoms with E-state index in [-0.39, 0.29) is 18.0 Å². The van der Waals surface area contributed by atoms with E-state index in [1.165, 1.54) is 12.1 Å². The van der Waals surface area contributed by atoms with Gasteiger partial charge in [0.2, 0.25) is 15.9 Å². The Labute approximate surface area is 197 Å². The lowest BCUT2D eigenvalue weighted by molar-refractivity contribution is -0.116. The second-order valence-electron chi connectivity index (χ2n) is 6.84. The summed E-state index contributed by atoms with van der Waals surface area (Å²) in [6, 6.07) is 19.6. The number of nitrogens with zero attached hydrogens (tertiary/aromatic N) is 1. The molecule has 0 heterocycles. The molecule has 0 radical (unpaired) electrons. The van der Waals surface area contributed by atoms with Crippen molar-refractivity contribution in [3.8, 4) is 5.75 Å². The highest BCUT2D eigenvalue weighted by Crippen LogP contribution is 2.25. The minimum absolute atomic E-state index is 0.0508. The van der Waals surface area contributed by atoms with Crippen molar-refractivity contribution in [2.45, 2.75) is 18.4 Å². The number of carbonyl (C=O) groups excluding carboxylic acids is 1. The number of hydrogen-bond donors (Lipinski definition) is 1.